The number of esters is 1. The van der Waals surface area contributed by atoms with Gasteiger partial charge < -0.3 is 9.47 Å². The average molecular weight is 417 g/mol. The third kappa shape index (κ3) is 4.90. The van der Waals surface area contributed by atoms with Crippen molar-refractivity contribution in [3.8, 4) is 0 Å². The molecule has 0 atom stereocenters. The zero-order valence-corrected chi connectivity index (χ0v) is 17.2. The molecule has 0 spiro atoms. The van der Waals surface area contributed by atoms with Crippen molar-refractivity contribution in [2.24, 2.45) is 0 Å². The number of sulfonamides is 1. The maximum absolute atomic E-state index is 12.6. The first-order valence-corrected chi connectivity index (χ1v) is 10.7. The summed E-state index contributed by atoms with van der Waals surface area (Å²) in [7, 11) is -3.62. The Kier molecular flexibility index (Phi) is 6.46. The Morgan fingerprint density at radius 2 is 1.69 bits per heavy atom. The van der Waals surface area contributed by atoms with Crippen LogP contribution in [-0.4, -0.2) is 57.4 Å². The lowest BCUT2D eigenvalue weighted by Gasteiger charge is -2.26. The van der Waals surface area contributed by atoms with Crippen molar-refractivity contribution in [1.82, 2.24) is 4.31 Å². The van der Waals surface area contributed by atoms with Crippen LogP contribution in [0.15, 0.2) is 47.4 Å². The Hall–Kier alpha value is -2.55. The minimum absolute atomic E-state index is 0.114. The summed E-state index contributed by atoms with van der Waals surface area (Å²) >= 11 is 0. The molecule has 29 heavy (non-hydrogen) atoms. The largest absolute Gasteiger partial charge is 0.454 e. The Balaban J connectivity index is 1.64. The van der Waals surface area contributed by atoms with Gasteiger partial charge in [-0.05, 0) is 49.7 Å². The van der Waals surface area contributed by atoms with Gasteiger partial charge in [0.15, 0.2) is 12.4 Å². The molecule has 8 heteroatoms. The number of carbonyl (C=O) groups excluding carboxylic acids is 2. The number of morpholine rings is 1. The van der Waals surface area contributed by atoms with Crippen LogP contribution in [0, 0.1) is 13.8 Å². The quantitative estimate of drug-likeness (QED) is 0.529. The molecule has 1 saturated heterocycles. The highest BCUT2D eigenvalue weighted by Gasteiger charge is 2.26. The number of hydrogen-bond donors (Lipinski definition) is 0. The lowest BCUT2D eigenvalue weighted by Crippen LogP contribution is -2.40. The number of ketones is 1. The van der Waals surface area contributed by atoms with Gasteiger partial charge in [-0.3, -0.25) is 4.79 Å². The molecule has 0 aliphatic carbocycles. The summed E-state index contributed by atoms with van der Waals surface area (Å²) in [6, 6.07) is 11.1. The summed E-state index contributed by atoms with van der Waals surface area (Å²) in [5.41, 5.74) is 2.39. The number of nitrogens with zero attached hydrogens (tertiary/aromatic N) is 1. The van der Waals surface area contributed by atoms with E-state index >= 15 is 0 Å². The van der Waals surface area contributed by atoms with Crippen LogP contribution in [-0.2, 0) is 19.5 Å². The second-order valence-electron chi connectivity index (χ2n) is 6.86. The summed E-state index contributed by atoms with van der Waals surface area (Å²) in [6.07, 6.45) is 0. The van der Waals surface area contributed by atoms with Crippen LogP contribution in [0.2, 0.25) is 0 Å². The van der Waals surface area contributed by atoms with E-state index in [1.165, 1.54) is 28.6 Å². The molecule has 0 N–H and O–H groups in total. The van der Waals surface area contributed by atoms with Crippen LogP contribution in [0.4, 0.5) is 0 Å². The molecule has 0 saturated carbocycles. The molecule has 0 amide bonds. The lowest BCUT2D eigenvalue weighted by molar-refractivity contribution is 0.0474. The highest BCUT2D eigenvalue weighted by Crippen LogP contribution is 2.18. The Bertz CT molecular complexity index is 1010. The van der Waals surface area contributed by atoms with Gasteiger partial charge in [-0.1, -0.05) is 17.7 Å². The third-order valence-electron chi connectivity index (χ3n) is 4.73. The van der Waals surface area contributed by atoms with E-state index in [2.05, 4.69) is 0 Å². The van der Waals surface area contributed by atoms with Gasteiger partial charge in [0.25, 0.3) is 0 Å². The minimum atomic E-state index is -3.62. The lowest BCUT2D eigenvalue weighted by atomic mass is 10.1. The minimum Gasteiger partial charge on any atom is -0.454 e. The van der Waals surface area contributed by atoms with E-state index in [1.54, 1.807) is 13.0 Å². The van der Waals surface area contributed by atoms with E-state index in [0.717, 1.165) is 11.1 Å². The van der Waals surface area contributed by atoms with Gasteiger partial charge in [-0.25, -0.2) is 13.2 Å². The van der Waals surface area contributed by atoms with Crippen molar-refractivity contribution in [2.75, 3.05) is 32.9 Å². The molecule has 1 fully saturated rings. The van der Waals surface area contributed by atoms with E-state index in [4.69, 9.17) is 9.47 Å². The molecule has 3 rings (SSSR count). The van der Waals surface area contributed by atoms with Crippen molar-refractivity contribution in [2.45, 2.75) is 18.7 Å². The molecule has 1 aliphatic heterocycles. The molecule has 2 aromatic carbocycles. The van der Waals surface area contributed by atoms with E-state index in [1.807, 2.05) is 19.1 Å². The number of rotatable bonds is 6. The zero-order valence-electron chi connectivity index (χ0n) is 16.4. The molecule has 7 nitrogen and oxygen atoms in total. The van der Waals surface area contributed by atoms with Gasteiger partial charge in [-0.15, -0.1) is 0 Å². The molecule has 1 aliphatic rings. The highest BCUT2D eigenvalue weighted by molar-refractivity contribution is 7.89. The third-order valence-corrected chi connectivity index (χ3v) is 6.64. The molecule has 2 aromatic rings. The van der Waals surface area contributed by atoms with Gasteiger partial charge in [0.1, 0.15) is 0 Å². The number of Topliss-reactive ketones (excluding diaryl/α,β-unsaturated/α-hetero) is 1. The summed E-state index contributed by atoms with van der Waals surface area (Å²) < 4.78 is 36.9. The SMILES string of the molecule is Cc1ccc(C)c(C(=O)OCC(=O)c2ccc(S(=O)(=O)N3CCOCC3)cc2)c1. The van der Waals surface area contributed by atoms with E-state index in [9.17, 15) is 18.0 Å². The number of carbonyl (C=O) groups is 2. The maximum Gasteiger partial charge on any atom is 0.338 e. The van der Waals surface area contributed by atoms with Gasteiger partial charge in [0.05, 0.1) is 23.7 Å². The van der Waals surface area contributed by atoms with Crippen LogP contribution in [0.3, 0.4) is 0 Å². The fraction of sp³-hybridized carbons (Fsp3) is 0.333. The smallest absolute Gasteiger partial charge is 0.338 e. The normalized spacial score (nSPS) is 15.1. The fourth-order valence-electron chi connectivity index (χ4n) is 3.00. The van der Waals surface area contributed by atoms with Crippen LogP contribution >= 0.6 is 0 Å². The standard InChI is InChI=1S/C21H23NO6S/c1-15-3-4-16(2)19(13-15)21(24)28-14-20(23)17-5-7-18(8-6-17)29(25,26)22-9-11-27-12-10-22/h3-8,13H,9-12,14H2,1-2H3. The number of aryl methyl sites for hydroxylation is 2. The molecule has 154 valence electrons. The average Bonchev–Trinajstić information content (AvgIpc) is 2.74. The molecular formula is C21H23NO6S. The van der Waals surface area contributed by atoms with Crippen LogP contribution in [0.1, 0.15) is 31.8 Å². The first-order valence-electron chi connectivity index (χ1n) is 9.24. The van der Waals surface area contributed by atoms with Crippen LogP contribution in [0.25, 0.3) is 0 Å². The van der Waals surface area contributed by atoms with E-state index < -0.39 is 28.4 Å². The molecule has 0 aromatic heterocycles. The summed E-state index contributed by atoms with van der Waals surface area (Å²) in [6.45, 7) is 4.58. The summed E-state index contributed by atoms with van der Waals surface area (Å²) in [5.74, 6) is -0.968. The predicted molar refractivity (Wildman–Crippen MR) is 107 cm³/mol. The summed E-state index contributed by atoms with van der Waals surface area (Å²) in [5, 5.41) is 0. The molecule has 0 bridgehead atoms. The first kappa shape index (κ1) is 21.2. The zero-order chi connectivity index (χ0) is 21.0. The van der Waals surface area contributed by atoms with Gasteiger partial charge in [0.2, 0.25) is 10.0 Å². The van der Waals surface area contributed by atoms with E-state index in [0.29, 0.717) is 31.9 Å². The van der Waals surface area contributed by atoms with Crippen molar-refractivity contribution < 1.29 is 27.5 Å². The van der Waals surface area contributed by atoms with E-state index in [-0.39, 0.29) is 10.5 Å². The van der Waals surface area contributed by atoms with Gasteiger partial charge in [0, 0.05) is 18.7 Å². The predicted octanol–water partition coefficient (Wildman–Crippen LogP) is 2.36. The highest BCUT2D eigenvalue weighted by atomic mass is 32.2. The van der Waals surface area contributed by atoms with Crippen molar-refractivity contribution >= 4 is 21.8 Å². The number of benzene rings is 2. The van der Waals surface area contributed by atoms with Gasteiger partial charge >= 0.3 is 5.97 Å². The molecule has 1 heterocycles. The molecule has 0 radical (unpaired) electrons. The topological polar surface area (TPSA) is 90.0 Å². The first-order chi connectivity index (χ1) is 13.8. The maximum atomic E-state index is 12.6. The van der Waals surface area contributed by atoms with Gasteiger partial charge in [-0.2, -0.15) is 4.31 Å². The second kappa shape index (κ2) is 8.86. The Labute approximate surface area is 170 Å². The van der Waals surface area contributed by atoms with Crippen molar-refractivity contribution in [3.05, 3.63) is 64.7 Å². The summed E-state index contributed by atoms with van der Waals surface area (Å²) in [4.78, 5) is 24.7. The monoisotopic (exact) mass is 417 g/mol. The van der Waals surface area contributed by atoms with Crippen molar-refractivity contribution in [3.63, 3.8) is 0 Å². The van der Waals surface area contributed by atoms with Crippen LogP contribution < -0.4 is 0 Å². The molecular weight excluding hydrogens is 394 g/mol. The Morgan fingerprint density at radius 3 is 2.34 bits per heavy atom. The fourth-order valence-corrected chi connectivity index (χ4v) is 4.40. The number of ether oxygens (including phenoxy) is 2. The molecule has 0 unspecified atom stereocenters. The van der Waals surface area contributed by atoms with Crippen LogP contribution in [0.5, 0.6) is 0 Å². The number of hydrogen-bond acceptors (Lipinski definition) is 6. The van der Waals surface area contributed by atoms with Crippen molar-refractivity contribution in [1.29, 1.82) is 0 Å². The Morgan fingerprint density at radius 1 is 1.03 bits per heavy atom. The second-order valence-corrected chi connectivity index (χ2v) is 8.80.